The van der Waals surface area contributed by atoms with Crippen LogP contribution in [-0.4, -0.2) is 28.9 Å². The van der Waals surface area contributed by atoms with Gasteiger partial charge in [0.15, 0.2) is 0 Å². The van der Waals surface area contributed by atoms with Gasteiger partial charge in [0.25, 0.3) is 0 Å². The molecular formula is C13H18N2O4. The predicted octanol–water partition coefficient (Wildman–Crippen LogP) is 0.528. The molecule has 1 atom stereocenters. The van der Waals surface area contributed by atoms with E-state index in [9.17, 15) is 14.4 Å². The maximum absolute atomic E-state index is 10.5. The average molecular weight is 266 g/mol. The molecule has 0 spiro atoms. The number of nitrogens with one attached hydrogen (secondary N) is 1. The lowest BCUT2D eigenvalue weighted by Crippen LogP contribution is -2.40. The first kappa shape index (κ1) is 16.6. The van der Waals surface area contributed by atoms with Crippen LogP contribution in [0.5, 0.6) is 0 Å². The maximum atomic E-state index is 10.5. The summed E-state index contributed by atoms with van der Waals surface area (Å²) in [5.74, 6) is -2.20. The summed E-state index contributed by atoms with van der Waals surface area (Å²) < 4.78 is 0. The van der Waals surface area contributed by atoms with Crippen LogP contribution in [0.2, 0.25) is 0 Å². The van der Waals surface area contributed by atoms with Crippen molar-refractivity contribution >= 4 is 17.8 Å². The Labute approximate surface area is 111 Å². The number of carboxylic acids is 1. The Morgan fingerprint density at radius 2 is 1.53 bits per heavy atom. The van der Waals surface area contributed by atoms with Gasteiger partial charge in [-0.25, -0.2) is 4.79 Å². The van der Waals surface area contributed by atoms with Crippen LogP contribution in [0, 0.1) is 0 Å². The van der Waals surface area contributed by atoms with E-state index in [1.807, 2.05) is 36.4 Å². The third-order valence-corrected chi connectivity index (χ3v) is 2.02. The van der Waals surface area contributed by atoms with Crippen molar-refractivity contribution in [3.8, 4) is 0 Å². The van der Waals surface area contributed by atoms with E-state index < -0.39 is 23.8 Å². The van der Waals surface area contributed by atoms with Crippen molar-refractivity contribution < 1.29 is 19.5 Å². The summed E-state index contributed by atoms with van der Waals surface area (Å²) in [4.78, 5) is 31.3. The number of carbonyl (C=O) groups is 3. The second kappa shape index (κ2) is 9.64. The molecule has 19 heavy (non-hydrogen) atoms. The first-order valence-corrected chi connectivity index (χ1v) is 5.71. The van der Waals surface area contributed by atoms with Gasteiger partial charge in [-0.1, -0.05) is 36.4 Å². The minimum atomic E-state index is -1.17. The molecule has 0 heterocycles. The molecule has 6 heteroatoms. The number of rotatable bonds is 5. The minimum absolute atomic E-state index is 0.0181. The fourth-order valence-corrected chi connectivity index (χ4v) is 1.17. The summed E-state index contributed by atoms with van der Waals surface area (Å²) >= 11 is 0. The van der Waals surface area contributed by atoms with Gasteiger partial charge in [0.2, 0.25) is 11.8 Å². The largest absolute Gasteiger partial charge is 0.480 e. The zero-order valence-electron chi connectivity index (χ0n) is 10.7. The predicted molar refractivity (Wildman–Crippen MR) is 70.1 cm³/mol. The Balaban J connectivity index is 0.000000443. The number of primary amides is 1. The van der Waals surface area contributed by atoms with Gasteiger partial charge in [-0.05, 0) is 6.42 Å². The standard InChI is InChI=1S/C7H12N2O4.C6H6/c1-4(10)9-5(7(12)13)2-3-6(8)11;1-2-4-6-5-3-1/h5H,2-3H2,1H3,(H2,8,11)(H,9,10)(H,12,13);1-6H/t5-;/m0./s1. The Kier molecular flexibility index (Phi) is 8.44. The van der Waals surface area contributed by atoms with Crippen LogP contribution in [0.3, 0.4) is 0 Å². The van der Waals surface area contributed by atoms with Crippen LogP contribution in [0.4, 0.5) is 0 Å². The SMILES string of the molecule is CC(=O)N[C@@H](CCC(N)=O)C(=O)O.c1ccccc1. The van der Waals surface area contributed by atoms with Crippen molar-refractivity contribution in [2.75, 3.05) is 0 Å². The maximum Gasteiger partial charge on any atom is 0.326 e. The lowest BCUT2D eigenvalue weighted by Gasteiger charge is -2.11. The molecule has 0 saturated heterocycles. The number of hydrogen-bond acceptors (Lipinski definition) is 3. The third kappa shape index (κ3) is 10.5. The van der Waals surface area contributed by atoms with Gasteiger partial charge in [0, 0.05) is 13.3 Å². The number of carbonyl (C=O) groups excluding carboxylic acids is 2. The highest BCUT2D eigenvalue weighted by Crippen LogP contribution is 1.96. The molecule has 0 bridgehead atoms. The summed E-state index contributed by atoms with van der Waals surface area (Å²) in [5.41, 5.74) is 4.83. The van der Waals surface area contributed by atoms with Gasteiger partial charge in [-0.15, -0.1) is 0 Å². The van der Waals surface area contributed by atoms with E-state index in [1.165, 1.54) is 6.92 Å². The van der Waals surface area contributed by atoms with E-state index in [4.69, 9.17) is 10.8 Å². The quantitative estimate of drug-likeness (QED) is 0.722. The number of aliphatic carboxylic acids is 1. The molecule has 0 aliphatic heterocycles. The molecule has 4 N–H and O–H groups in total. The number of hydrogen-bond donors (Lipinski definition) is 3. The van der Waals surface area contributed by atoms with Crippen LogP contribution < -0.4 is 11.1 Å². The first-order chi connectivity index (χ1) is 8.93. The molecule has 104 valence electrons. The number of benzene rings is 1. The molecule has 2 amide bonds. The molecule has 0 fully saturated rings. The smallest absolute Gasteiger partial charge is 0.326 e. The fraction of sp³-hybridized carbons (Fsp3) is 0.308. The van der Waals surface area contributed by atoms with Crippen molar-refractivity contribution in [1.29, 1.82) is 0 Å². The van der Waals surface area contributed by atoms with Crippen molar-refractivity contribution in [3.63, 3.8) is 0 Å². The number of carboxylic acid groups (broad SMARTS) is 1. The van der Waals surface area contributed by atoms with Gasteiger partial charge in [0.05, 0.1) is 0 Å². The molecule has 6 nitrogen and oxygen atoms in total. The zero-order valence-corrected chi connectivity index (χ0v) is 10.7. The van der Waals surface area contributed by atoms with Gasteiger partial charge < -0.3 is 16.2 Å². The molecule has 1 aromatic carbocycles. The molecule has 1 rings (SSSR count). The van der Waals surface area contributed by atoms with Crippen LogP contribution >= 0.6 is 0 Å². The highest BCUT2D eigenvalue weighted by atomic mass is 16.4. The Morgan fingerprint density at radius 3 is 1.79 bits per heavy atom. The van der Waals surface area contributed by atoms with E-state index >= 15 is 0 Å². The first-order valence-electron chi connectivity index (χ1n) is 5.71. The summed E-state index contributed by atoms with van der Waals surface area (Å²) in [7, 11) is 0. The minimum Gasteiger partial charge on any atom is -0.480 e. The van der Waals surface area contributed by atoms with E-state index in [0.29, 0.717) is 0 Å². The fourth-order valence-electron chi connectivity index (χ4n) is 1.17. The van der Waals surface area contributed by atoms with Gasteiger partial charge in [-0.2, -0.15) is 0 Å². The van der Waals surface area contributed by atoms with Crippen LogP contribution in [0.1, 0.15) is 19.8 Å². The molecular weight excluding hydrogens is 248 g/mol. The second-order valence-corrected chi connectivity index (χ2v) is 3.75. The Bertz CT molecular complexity index is 380. The van der Waals surface area contributed by atoms with Crippen molar-refractivity contribution in [2.24, 2.45) is 5.73 Å². The Morgan fingerprint density at radius 1 is 1.11 bits per heavy atom. The summed E-state index contributed by atoms with van der Waals surface area (Å²) in [5, 5.41) is 10.8. The molecule has 0 aliphatic rings. The van der Waals surface area contributed by atoms with E-state index in [1.54, 1.807) is 0 Å². The van der Waals surface area contributed by atoms with E-state index in [-0.39, 0.29) is 12.8 Å². The van der Waals surface area contributed by atoms with Gasteiger partial charge >= 0.3 is 5.97 Å². The second-order valence-electron chi connectivity index (χ2n) is 3.75. The third-order valence-electron chi connectivity index (χ3n) is 2.02. The molecule has 1 aromatic rings. The highest BCUT2D eigenvalue weighted by Gasteiger charge is 2.18. The summed E-state index contributed by atoms with van der Waals surface area (Å²) in [6.07, 6.45) is -0.0402. The topological polar surface area (TPSA) is 109 Å². The number of nitrogens with two attached hydrogens (primary N) is 1. The van der Waals surface area contributed by atoms with Gasteiger partial charge in [0.1, 0.15) is 6.04 Å². The lowest BCUT2D eigenvalue weighted by atomic mass is 10.1. The Hall–Kier alpha value is -2.37. The van der Waals surface area contributed by atoms with Crippen LogP contribution in [-0.2, 0) is 14.4 Å². The monoisotopic (exact) mass is 266 g/mol. The van der Waals surface area contributed by atoms with Crippen molar-refractivity contribution in [3.05, 3.63) is 36.4 Å². The van der Waals surface area contributed by atoms with Crippen molar-refractivity contribution in [2.45, 2.75) is 25.8 Å². The van der Waals surface area contributed by atoms with E-state index in [0.717, 1.165) is 0 Å². The summed E-state index contributed by atoms with van der Waals surface area (Å²) in [6.45, 7) is 1.21. The molecule has 0 aromatic heterocycles. The van der Waals surface area contributed by atoms with Crippen LogP contribution in [0.25, 0.3) is 0 Å². The molecule has 0 radical (unpaired) electrons. The van der Waals surface area contributed by atoms with E-state index in [2.05, 4.69) is 5.32 Å². The van der Waals surface area contributed by atoms with Crippen LogP contribution in [0.15, 0.2) is 36.4 Å². The lowest BCUT2D eigenvalue weighted by molar-refractivity contribution is -0.141. The van der Waals surface area contributed by atoms with Crippen molar-refractivity contribution in [1.82, 2.24) is 5.32 Å². The average Bonchev–Trinajstić information content (AvgIpc) is 2.36. The molecule has 0 unspecified atom stereocenters. The number of amides is 2. The molecule has 0 aliphatic carbocycles. The van der Waals surface area contributed by atoms with Gasteiger partial charge in [-0.3, -0.25) is 9.59 Å². The zero-order chi connectivity index (χ0) is 14.7. The summed E-state index contributed by atoms with van der Waals surface area (Å²) in [6, 6.07) is 11.0. The normalized spacial score (nSPS) is 10.6. The molecule has 0 saturated carbocycles. The highest BCUT2D eigenvalue weighted by molar-refractivity contribution is 5.83.